The maximum atomic E-state index is 12.0. The van der Waals surface area contributed by atoms with Crippen molar-refractivity contribution in [3.8, 4) is 0 Å². The highest BCUT2D eigenvalue weighted by Crippen LogP contribution is 2.37. The van der Waals surface area contributed by atoms with Gasteiger partial charge in [-0.25, -0.2) is 4.79 Å². The second-order valence-corrected chi connectivity index (χ2v) is 5.58. The van der Waals surface area contributed by atoms with Crippen LogP contribution in [0, 0.1) is 0 Å². The maximum Gasteiger partial charge on any atom is 0.248 e. The van der Waals surface area contributed by atoms with Crippen LogP contribution in [-0.2, 0) is 20.9 Å². The van der Waals surface area contributed by atoms with Crippen LogP contribution in [0.1, 0.15) is 30.4 Å². The fraction of sp³-hybridized carbons (Fsp3) is 0.286. The van der Waals surface area contributed by atoms with E-state index in [4.69, 9.17) is 0 Å². The molecule has 0 radical (unpaired) electrons. The molecule has 1 aromatic rings. The van der Waals surface area contributed by atoms with Crippen LogP contribution in [0.4, 0.5) is 0 Å². The van der Waals surface area contributed by atoms with E-state index < -0.39 is 0 Å². The van der Waals surface area contributed by atoms with Crippen LogP contribution in [0.2, 0.25) is 0 Å². The Balaban J connectivity index is 2.05. The van der Waals surface area contributed by atoms with Crippen molar-refractivity contribution in [2.75, 3.05) is 0 Å². The van der Waals surface area contributed by atoms with Gasteiger partial charge in [0.1, 0.15) is 5.70 Å². The summed E-state index contributed by atoms with van der Waals surface area (Å²) >= 11 is 3.43. The third-order valence-corrected chi connectivity index (χ3v) is 4.27. The van der Waals surface area contributed by atoms with Gasteiger partial charge in [-0.2, -0.15) is 5.01 Å². The van der Waals surface area contributed by atoms with Crippen LogP contribution in [0.25, 0.3) is 5.70 Å². The zero-order valence-corrected chi connectivity index (χ0v) is 12.1. The fourth-order valence-electron chi connectivity index (χ4n) is 2.60. The van der Waals surface area contributed by atoms with Gasteiger partial charge >= 0.3 is 0 Å². The topological polar surface area (TPSA) is 57.7 Å². The summed E-state index contributed by atoms with van der Waals surface area (Å²) in [5, 5.41) is 2.53. The Labute approximate surface area is 123 Å². The largest absolute Gasteiger partial charge is 0.273 e. The van der Waals surface area contributed by atoms with Gasteiger partial charge in [0.15, 0.2) is 5.94 Å². The molecule has 1 saturated heterocycles. The number of halogens is 1. The molecule has 20 heavy (non-hydrogen) atoms. The van der Waals surface area contributed by atoms with E-state index in [1.54, 1.807) is 6.07 Å². The number of hydrazine groups is 1. The van der Waals surface area contributed by atoms with Gasteiger partial charge in [0.05, 0.1) is 6.54 Å². The fourth-order valence-corrected chi connectivity index (χ4v) is 3.09. The van der Waals surface area contributed by atoms with E-state index in [0.29, 0.717) is 31.4 Å². The Kier molecular flexibility index (Phi) is 3.20. The first-order valence-corrected chi connectivity index (χ1v) is 7.09. The molecular formula is C14H11BrN2O3. The molecule has 2 aliphatic heterocycles. The van der Waals surface area contributed by atoms with Crippen LogP contribution in [-0.4, -0.2) is 27.8 Å². The second-order valence-electron chi connectivity index (χ2n) is 4.73. The van der Waals surface area contributed by atoms with E-state index in [9.17, 15) is 14.4 Å². The zero-order valence-electron chi connectivity index (χ0n) is 10.6. The average Bonchev–Trinajstić information content (AvgIpc) is 2.78. The van der Waals surface area contributed by atoms with Crippen LogP contribution in [0.5, 0.6) is 0 Å². The van der Waals surface area contributed by atoms with E-state index in [0.717, 1.165) is 15.0 Å². The van der Waals surface area contributed by atoms with Crippen LogP contribution in [0.3, 0.4) is 0 Å². The number of rotatable bonds is 1. The summed E-state index contributed by atoms with van der Waals surface area (Å²) in [6, 6.07) is 5.47. The number of hydrogen-bond donors (Lipinski definition) is 0. The molecule has 2 heterocycles. The number of nitrogens with zero attached hydrogens (tertiary/aromatic N) is 2. The molecule has 2 aliphatic rings. The van der Waals surface area contributed by atoms with E-state index >= 15 is 0 Å². The number of carbonyl (C=O) groups is 2. The first kappa shape index (κ1) is 13.1. The van der Waals surface area contributed by atoms with E-state index in [1.165, 1.54) is 5.01 Å². The number of piperidine rings is 1. The maximum absolute atomic E-state index is 12.0. The van der Waals surface area contributed by atoms with Crippen molar-refractivity contribution in [1.82, 2.24) is 10.0 Å². The predicted molar refractivity (Wildman–Crippen MR) is 74.5 cm³/mol. The molecule has 0 unspecified atom stereocenters. The summed E-state index contributed by atoms with van der Waals surface area (Å²) in [6.45, 7) is 0.318. The molecule has 102 valence electrons. The van der Waals surface area contributed by atoms with Gasteiger partial charge in [-0.05, 0) is 18.1 Å². The Morgan fingerprint density at radius 1 is 1.15 bits per heavy atom. The lowest BCUT2D eigenvalue weighted by Gasteiger charge is -2.33. The van der Waals surface area contributed by atoms with E-state index in [1.807, 2.05) is 18.1 Å². The molecule has 0 atom stereocenters. The summed E-state index contributed by atoms with van der Waals surface area (Å²) < 4.78 is 0.849. The molecule has 1 fully saturated rings. The molecule has 2 amide bonds. The molecule has 5 nitrogen and oxygen atoms in total. The van der Waals surface area contributed by atoms with Crippen LogP contribution < -0.4 is 0 Å². The summed E-state index contributed by atoms with van der Waals surface area (Å²) in [4.78, 5) is 35.3. The minimum atomic E-state index is -0.266. The molecule has 0 spiro atoms. The predicted octanol–water partition coefficient (Wildman–Crippen LogP) is 1.89. The SMILES string of the molecule is O=C=C1c2cccc(Br)c2CN1N1C(=O)CCCC1=O. The van der Waals surface area contributed by atoms with Crippen molar-refractivity contribution in [2.45, 2.75) is 25.8 Å². The third kappa shape index (κ3) is 1.88. The van der Waals surface area contributed by atoms with Gasteiger partial charge in [0.2, 0.25) is 11.8 Å². The van der Waals surface area contributed by atoms with Gasteiger partial charge in [-0.1, -0.05) is 28.1 Å². The summed E-state index contributed by atoms with van der Waals surface area (Å²) in [7, 11) is 0. The zero-order chi connectivity index (χ0) is 14.3. The van der Waals surface area contributed by atoms with Gasteiger partial charge in [-0.15, -0.1) is 0 Å². The van der Waals surface area contributed by atoms with Gasteiger partial charge in [0, 0.05) is 22.9 Å². The number of hydrogen-bond acceptors (Lipinski definition) is 4. The quantitative estimate of drug-likeness (QED) is 0.581. The Hall–Kier alpha value is -1.91. The first-order valence-electron chi connectivity index (χ1n) is 6.29. The molecule has 6 heteroatoms. The van der Waals surface area contributed by atoms with Crippen molar-refractivity contribution in [2.24, 2.45) is 0 Å². The number of imide groups is 1. The molecule has 0 aromatic heterocycles. The van der Waals surface area contributed by atoms with Crippen molar-refractivity contribution in [1.29, 1.82) is 0 Å². The minimum absolute atomic E-state index is 0.241. The van der Waals surface area contributed by atoms with E-state index in [2.05, 4.69) is 15.9 Å². The van der Waals surface area contributed by atoms with Crippen molar-refractivity contribution < 1.29 is 14.4 Å². The number of amides is 2. The summed E-state index contributed by atoms with van der Waals surface area (Å²) in [5.41, 5.74) is 1.84. The lowest BCUT2D eigenvalue weighted by Crippen LogP contribution is -2.49. The molecule has 0 saturated carbocycles. The number of carbonyl (C=O) groups excluding carboxylic acids is 3. The normalized spacial score (nSPS) is 18.4. The number of fused-ring (bicyclic) bond motifs is 1. The van der Waals surface area contributed by atoms with Gasteiger partial charge in [0.25, 0.3) is 0 Å². The molecule has 0 N–H and O–H groups in total. The summed E-state index contributed by atoms with van der Waals surface area (Å²) in [6.07, 6.45) is 1.22. The molecule has 0 aliphatic carbocycles. The second kappa shape index (κ2) is 4.89. The first-order chi connectivity index (χ1) is 9.63. The molecule has 0 bridgehead atoms. The molecular weight excluding hydrogens is 324 g/mol. The third-order valence-electron chi connectivity index (χ3n) is 3.53. The lowest BCUT2D eigenvalue weighted by atomic mass is 10.1. The van der Waals surface area contributed by atoms with Crippen molar-refractivity contribution in [3.05, 3.63) is 33.8 Å². The smallest absolute Gasteiger partial charge is 0.248 e. The highest BCUT2D eigenvalue weighted by atomic mass is 79.9. The Morgan fingerprint density at radius 2 is 1.85 bits per heavy atom. The monoisotopic (exact) mass is 334 g/mol. The Bertz CT molecular complexity index is 648. The van der Waals surface area contributed by atoms with Crippen LogP contribution >= 0.6 is 15.9 Å². The number of benzene rings is 1. The standard InChI is InChI=1S/C14H11BrN2O3/c15-11-4-1-3-9-10(11)7-16(12(9)8-18)17-13(19)5-2-6-14(17)20/h1,3-4H,2,5-7H2. The minimum Gasteiger partial charge on any atom is -0.273 e. The van der Waals surface area contributed by atoms with Crippen molar-refractivity contribution in [3.63, 3.8) is 0 Å². The highest BCUT2D eigenvalue weighted by molar-refractivity contribution is 9.10. The average molecular weight is 335 g/mol. The van der Waals surface area contributed by atoms with Crippen LogP contribution in [0.15, 0.2) is 22.7 Å². The lowest BCUT2D eigenvalue weighted by molar-refractivity contribution is -0.162. The van der Waals surface area contributed by atoms with Gasteiger partial charge < -0.3 is 0 Å². The van der Waals surface area contributed by atoms with Gasteiger partial charge in [-0.3, -0.25) is 14.6 Å². The molecule has 3 rings (SSSR count). The van der Waals surface area contributed by atoms with E-state index in [-0.39, 0.29) is 17.5 Å². The highest BCUT2D eigenvalue weighted by Gasteiger charge is 2.38. The molecule has 1 aromatic carbocycles. The van der Waals surface area contributed by atoms with Crippen molar-refractivity contribution >= 4 is 39.4 Å². The summed E-state index contributed by atoms with van der Waals surface area (Å²) in [5.74, 6) is 1.33. The Morgan fingerprint density at radius 3 is 2.50 bits per heavy atom.